The number of phenolic OH excluding ortho intramolecular Hbond substituents is 3. The molecule has 2 aliphatic rings. The van der Waals surface area contributed by atoms with Crippen molar-refractivity contribution in [3.63, 3.8) is 0 Å². The van der Waals surface area contributed by atoms with Crippen molar-refractivity contribution in [2.75, 3.05) is 0 Å². The Kier molecular flexibility index (Phi) is 5.74. The van der Waals surface area contributed by atoms with Gasteiger partial charge in [-0.1, -0.05) is 33.1 Å². The van der Waals surface area contributed by atoms with E-state index in [2.05, 4.69) is 13.8 Å². The molecule has 2 aliphatic carbocycles. The molecule has 1 aromatic rings. The summed E-state index contributed by atoms with van der Waals surface area (Å²) < 4.78 is 0. The van der Waals surface area contributed by atoms with Crippen molar-refractivity contribution < 1.29 is 15.3 Å². The van der Waals surface area contributed by atoms with E-state index in [9.17, 15) is 15.3 Å². The fourth-order valence-corrected chi connectivity index (χ4v) is 4.25. The molecule has 0 unspecified atom stereocenters. The van der Waals surface area contributed by atoms with Crippen LogP contribution in [0.3, 0.4) is 0 Å². The molecule has 0 bridgehead atoms. The molecule has 3 nitrogen and oxygen atoms in total. The van der Waals surface area contributed by atoms with E-state index in [1.54, 1.807) is 0 Å². The number of rotatable bonds is 11. The Labute approximate surface area is 158 Å². The predicted molar refractivity (Wildman–Crippen MR) is 106 cm³/mol. The van der Waals surface area contributed by atoms with Crippen molar-refractivity contribution >= 4 is 0 Å². The van der Waals surface area contributed by atoms with E-state index < -0.39 is 0 Å². The van der Waals surface area contributed by atoms with Crippen molar-refractivity contribution in [3.8, 4) is 17.2 Å². The summed E-state index contributed by atoms with van der Waals surface area (Å²) in [6.45, 7) is 4.63. The second-order valence-electron chi connectivity index (χ2n) is 9.32. The van der Waals surface area contributed by atoms with Gasteiger partial charge in [0.1, 0.15) is 0 Å². The molecule has 0 aromatic heterocycles. The summed E-state index contributed by atoms with van der Waals surface area (Å²) in [5.74, 6) is -0.598. The van der Waals surface area contributed by atoms with Gasteiger partial charge >= 0.3 is 0 Å². The van der Waals surface area contributed by atoms with Gasteiger partial charge in [-0.3, -0.25) is 0 Å². The van der Waals surface area contributed by atoms with Gasteiger partial charge in [-0.25, -0.2) is 0 Å². The Morgan fingerprint density at radius 1 is 0.769 bits per heavy atom. The molecule has 2 fully saturated rings. The molecule has 3 heteroatoms. The summed E-state index contributed by atoms with van der Waals surface area (Å²) in [5.41, 5.74) is 2.75. The third-order valence-electron chi connectivity index (χ3n) is 7.10. The molecule has 3 N–H and O–H groups in total. The zero-order valence-electron chi connectivity index (χ0n) is 16.6. The molecule has 0 amide bonds. The molecule has 0 spiro atoms. The lowest BCUT2D eigenvalue weighted by atomic mass is 9.93. The molecule has 0 aliphatic heterocycles. The topological polar surface area (TPSA) is 60.7 Å². The van der Waals surface area contributed by atoms with Gasteiger partial charge in [0, 0.05) is 0 Å². The lowest BCUT2D eigenvalue weighted by molar-refractivity contribution is 0.360. The van der Waals surface area contributed by atoms with Gasteiger partial charge in [0.25, 0.3) is 0 Å². The monoisotopic (exact) mass is 360 g/mol. The molecule has 0 heterocycles. The fourth-order valence-electron chi connectivity index (χ4n) is 4.25. The molecule has 0 radical (unpaired) electrons. The lowest BCUT2D eigenvalue weighted by Gasteiger charge is -2.14. The number of unbranched alkanes of at least 4 members (excludes halogenated alkanes) is 2. The van der Waals surface area contributed by atoms with Crippen LogP contribution in [0, 0.1) is 10.8 Å². The van der Waals surface area contributed by atoms with Crippen LogP contribution < -0.4 is 0 Å². The van der Waals surface area contributed by atoms with Gasteiger partial charge in [0.05, 0.1) is 0 Å². The molecule has 146 valence electrons. The van der Waals surface area contributed by atoms with Crippen molar-refractivity contribution in [2.24, 2.45) is 10.8 Å². The summed E-state index contributed by atoms with van der Waals surface area (Å²) in [6, 6.07) is 1.91. The predicted octanol–water partition coefficient (Wildman–Crippen LogP) is 6.22. The highest BCUT2D eigenvalue weighted by molar-refractivity contribution is 5.57. The van der Waals surface area contributed by atoms with E-state index in [1.165, 1.54) is 51.4 Å². The number of hydrogen-bond acceptors (Lipinski definition) is 3. The van der Waals surface area contributed by atoms with Crippen LogP contribution >= 0.6 is 0 Å². The van der Waals surface area contributed by atoms with Crippen molar-refractivity contribution in [1.82, 2.24) is 0 Å². The zero-order valence-corrected chi connectivity index (χ0v) is 16.6. The van der Waals surface area contributed by atoms with Crippen LogP contribution in [0.25, 0.3) is 0 Å². The van der Waals surface area contributed by atoms with E-state index in [0.29, 0.717) is 10.8 Å². The summed E-state index contributed by atoms with van der Waals surface area (Å²) in [7, 11) is 0. The molecule has 0 saturated heterocycles. The molecular weight excluding hydrogens is 324 g/mol. The molecular formula is C23H36O3. The van der Waals surface area contributed by atoms with E-state index in [4.69, 9.17) is 0 Å². The summed E-state index contributed by atoms with van der Waals surface area (Å²) in [5, 5.41) is 30.5. The SMILES string of the molecule is CCC1(CCCCc2cc(CCCCC3(C)CC3)c(O)c(O)c2O)CC1. The number of aryl methyl sites for hydroxylation is 2. The fraction of sp³-hybridized carbons (Fsp3) is 0.739. The Morgan fingerprint density at radius 3 is 1.77 bits per heavy atom. The Bertz CT molecular complexity index is 627. The van der Waals surface area contributed by atoms with Gasteiger partial charge in [0.2, 0.25) is 5.75 Å². The highest BCUT2D eigenvalue weighted by Gasteiger charge is 2.39. The Hall–Kier alpha value is -1.38. The normalized spacial score (nSPS) is 19.5. The number of benzene rings is 1. The average Bonchev–Trinajstić information content (AvgIpc) is 3.55. The molecule has 26 heavy (non-hydrogen) atoms. The summed E-state index contributed by atoms with van der Waals surface area (Å²) >= 11 is 0. The minimum Gasteiger partial charge on any atom is -0.504 e. The van der Waals surface area contributed by atoms with Crippen LogP contribution in [-0.2, 0) is 12.8 Å². The van der Waals surface area contributed by atoms with E-state index in [-0.39, 0.29) is 17.2 Å². The standard InChI is InChI=1S/C23H36O3/c1-3-23(14-15-23)11-7-5-9-18-16-17(19(24)21(26)20(18)25)8-4-6-10-22(2)12-13-22/h16,24-26H,3-15H2,1-2H3. The maximum Gasteiger partial charge on any atom is 0.200 e. The van der Waals surface area contributed by atoms with Crippen LogP contribution in [0.1, 0.15) is 95.6 Å². The minimum atomic E-state index is -0.334. The van der Waals surface area contributed by atoms with Crippen LogP contribution in [0.5, 0.6) is 17.2 Å². The third-order valence-corrected chi connectivity index (χ3v) is 7.10. The highest BCUT2D eigenvalue weighted by atomic mass is 16.3. The maximum absolute atomic E-state index is 10.2. The van der Waals surface area contributed by atoms with Crippen molar-refractivity contribution in [1.29, 1.82) is 0 Å². The first-order valence-electron chi connectivity index (χ1n) is 10.6. The molecule has 2 saturated carbocycles. The van der Waals surface area contributed by atoms with Crippen LogP contribution in [-0.4, -0.2) is 15.3 Å². The van der Waals surface area contributed by atoms with Gasteiger partial charge < -0.3 is 15.3 Å². The Morgan fingerprint density at radius 2 is 1.31 bits per heavy atom. The van der Waals surface area contributed by atoms with E-state index in [1.807, 2.05) is 6.07 Å². The van der Waals surface area contributed by atoms with Crippen molar-refractivity contribution in [3.05, 3.63) is 17.2 Å². The lowest BCUT2D eigenvalue weighted by Crippen LogP contribution is -1.99. The molecule has 3 rings (SSSR count). The smallest absolute Gasteiger partial charge is 0.200 e. The van der Waals surface area contributed by atoms with Gasteiger partial charge in [-0.15, -0.1) is 0 Å². The summed E-state index contributed by atoms with van der Waals surface area (Å²) in [6.07, 6.45) is 15.2. The first-order valence-corrected chi connectivity index (χ1v) is 10.6. The van der Waals surface area contributed by atoms with Gasteiger partial charge in [-0.2, -0.15) is 0 Å². The largest absolute Gasteiger partial charge is 0.504 e. The highest BCUT2D eigenvalue weighted by Crippen LogP contribution is 2.52. The van der Waals surface area contributed by atoms with Crippen LogP contribution in [0.4, 0.5) is 0 Å². The van der Waals surface area contributed by atoms with E-state index >= 15 is 0 Å². The number of phenols is 3. The third kappa shape index (κ3) is 4.66. The first-order chi connectivity index (χ1) is 12.4. The number of hydrogen-bond donors (Lipinski definition) is 3. The maximum atomic E-state index is 10.2. The second kappa shape index (κ2) is 7.70. The van der Waals surface area contributed by atoms with Crippen LogP contribution in [0.15, 0.2) is 6.07 Å². The first kappa shape index (κ1) is 19.4. The van der Waals surface area contributed by atoms with E-state index in [0.717, 1.165) is 43.2 Å². The Balaban J connectivity index is 1.51. The number of aromatic hydroxyl groups is 3. The minimum absolute atomic E-state index is 0.131. The molecule has 1 aromatic carbocycles. The van der Waals surface area contributed by atoms with Crippen molar-refractivity contribution in [2.45, 2.75) is 97.3 Å². The van der Waals surface area contributed by atoms with Gasteiger partial charge in [0.15, 0.2) is 11.5 Å². The average molecular weight is 361 g/mol. The molecule has 0 atom stereocenters. The zero-order chi connectivity index (χ0) is 18.8. The summed E-state index contributed by atoms with van der Waals surface area (Å²) in [4.78, 5) is 0. The van der Waals surface area contributed by atoms with Gasteiger partial charge in [-0.05, 0) is 92.2 Å². The van der Waals surface area contributed by atoms with Crippen LogP contribution in [0.2, 0.25) is 0 Å². The second-order valence-corrected chi connectivity index (χ2v) is 9.32. The quantitative estimate of drug-likeness (QED) is 0.324.